The fourth-order valence-electron chi connectivity index (χ4n) is 3.43. The number of anilines is 1. The molecule has 1 aliphatic heterocycles. The van der Waals surface area contributed by atoms with Gasteiger partial charge in [0.05, 0.1) is 0 Å². The lowest BCUT2D eigenvalue weighted by Crippen LogP contribution is -2.32. The van der Waals surface area contributed by atoms with Crippen LogP contribution in [-0.4, -0.2) is 42.9 Å². The lowest BCUT2D eigenvalue weighted by atomic mass is 10.0. The van der Waals surface area contributed by atoms with Crippen molar-refractivity contribution in [2.45, 2.75) is 25.4 Å². The molecule has 0 spiro atoms. The van der Waals surface area contributed by atoms with Crippen molar-refractivity contribution in [1.82, 2.24) is 9.80 Å². The topological polar surface area (TPSA) is 35.6 Å². The van der Waals surface area contributed by atoms with E-state index in [1.54, 1.807) is 12.1 Å². The first kappa shape index (κ1) is 18.5. The van der Waals surface area contributed by atoms with E-state index in [2.05, 4.69) is 22.3 Å². The number of rotatable bonds is 6. The largest absolute Gasteiger partial charge is 0.324 e. The van der Waals surface area contributed by atoms with E-state index in [-0.39, 0.29) is 11.7 Å². The maximum atomic E-state index is 13.2. The Balaban J connectivity index is 1.66. The van der Waals surface area contributed by atoms with E-state index < -0.39 is 6.04 Å². The van der Waals surface area contributed by atoms with Gasteiger partial charge < -0.3 is 5.32 Å². The second-order valence-electron chi connectivity index (χ2n) is 7.09. The Labute approximate surface area is 154 Å². The Morgan fingerprint density at radius 3 is 2.27 bits per heavy atom. The third-order valence-corrected chi connectivity index (χ3v) is 4.78. The number of amides is 1. The molecule has 1 heterocycles. The van der Waals surface area contributed by atoms with Crippen LogP contribution in [0.5, 0.6) is 0 Å². The molecule has 1 fully saturated rings. The molecule has 2 aromatic carbocycles. The van der Waals surface area contributed by atoms with Crippen LogP contribution in [0.15, 0.2) is 48.5 Å². The molecule has 1 N–H and O–H groups in total. The van der Waals surface area contributed by atoms with E-state index >= 15 is 0 Å². The molecule has 1 aliphatic rings. The number of benzene rings is 2. The van der Waals surface area contributed by atoms with Gasteiger partial charge in [0.2, 0.25) is 5.91 Å². The summed E-state index contributed by atoms with van der Waals surface area (Å²) in [7, 11) is 3.68. The van der Waals surface area contributed by atoms with Gasteiger partial charge in [0.1, 0.15) is 11.9 Å². The zero-order chi connectivity index (χ0) is 18.5. The molecule has 0 aromatic heterocycles. The first-order valence-electron chi connectivity index (χ1n) is 9.07. The number of halogens is 1. The van der Waals surface area contributed by atoms with E-state index in [0.29, 0.717) is 0 Å². The summed E-state index contributed by atoms with van der Waals surface area (Å²) >= 11 is 0. The van der Waals surface area contributed by atoms with Gasteiger partial charge in [-0.05, 0) is 75.4 Å². The zero-order valence-corrected chi connectivity index (χ0v) is 15.4. The molecule has 5 heteroatoms. The van der Waals surface area contributed by atoms with Gasteiger partial charge in [0, 0.05) is 12.2 Å². The number of hydrogen-bond acceptors (Lipinski definition) is 3. The number of carbonyl (C=O) groups is 1. The maximum absolute atomic E-state index is 13.2. The predicted molar refractivity (Wildman–Crippen MR) is 102 cm³/mol. The quantitative estimate of drug-likeness (QED) is 0.859. The molecular weight excluding hydrogens is 329 g/mol. The van der Waals surface area contributed by atoms with E-state index in [0.717, 1.165) is 17.8 Å². The van der Waals surface area contributed by atoms with Crippen LogP contribution in [0.4, 0.5) is 10.1 Å². The average molecular weight is 355 g/mol. The molecule has 1 unspecified atom stereocenters. The number of likely N-dealkylation sites (N-methyl/N-ethyl adjacent to an activating group) is 1. The minimum absolute atomic E-state index is 0.131. The molecule has 138 valence electrons. The molecule has 0 aliphatic carbocycles. The van der Waals surface area contributed by atoms with E-state index in [1.807, 2.05) is 31.1 Å². The summed E-state index contributed by atoms with van der Waals surface area (Å²) in [5.74, 6) is -0.436. The summed E-state index contributed by atoms with van der Waals surface area (Å²) in [6, 6.07) is 13.6. The third-order valence-electron chi connectivity index (χ3n) is 4.78. The molecule has 1 amide bonds. The number of nitrogens with one attached hydrogen (secondary N) is 1. The Bertz CT molecular complexity index is 722. The van der Waals surface area contributed by atoms with E-state index in [1.165, 1.54) is 43.6 Å². The normalized spacial score (nSPS) is 16.0. The van der Waals surface area contributed by atoms with Gasteiger partial charge in [-0.1, -0.05) is 24.3 Å². The number of hydrogen-bond donors (Lipinski definition) is 1. The summed E-state index contributed by atoms with van der Waals surface area (Å²) in [6.07, 6.45) is 2.56. The van der Waals surface area contributed by atoms with Crippen molar-refractivity contribution in [1.29, 1.82) is 0 Å². The summed E-state index contributed by atoms with van der Waals surface area (Å²) in [5, 5.41) is 2.97. The van der Waals surface area contributed by atoms with Crippen molar-refractivity contribution in [2.24, 2.45) is 0 Å². The molecule has 26 heavy (non-hydrogen) atoms. The number of carbonyl (C=O) groups excluding carboxylic acids is 1. The molecule has 4 nitrogen and oxygen atoms in total. The SMILES string of the molecule is CN(C)C(C(=O)Nc1ccc(CN2CCCC2)cc1)c1ccc(F)cc1. The van der Waals surface area contributed by atoms with Crippen LogP contribution in [0.25, 0.3) is 0 Å². The van der Waals surface area contributed by atoms with Crippen molar-refractivity contribution >= 4 is 11.6 Å². The van der Waals surface area contributed by atoms with Gasteiger partial charge in [-0.2, -0.15) is 0 Å². The van der Waals surface area contributed by atoms with Gasteiger partial charge in [0.25, 0.3) is 0 Å². The molecule has 3 rings (SSSR count). The standard InChI is InChI=1S/C21H26FN3O/c1-24(2)20(17-7-9-18(22)10-8-17)21(26)23-19-11-5-16(6-12-19)15-25-13-3-4-14-25/h5-12,20H,3-4,13-15H2,1-2H3,(H,23,26). The van der Waals surface area contributed by atoms with E-state index in [4.69, 9.17) is 0 Å². The lowest BCUT2D eigenvalue weighted by Gasteiger charge is -2.24. The molecule has 0 bridgehead atoms. The van der Waals surface area contributed by atoms with Crippen LogP contribution >= 0.6 is 0 Å². The van der Waals surface area contributed by atoms with Crippen LogP contribution in [0.1, 0.15) is 30.0 Å². The van der Waals surface area contributed by atoms with Gasteiger partial charge in [0.15, 0.2) is 0 Å². The Morgan fingerprint density at radius 1 is 1.08 bits per heavy atom. The first-order chi connectivity index (χ1) is 12.5. The highest BCUT2D eigenvalue weighted by Crippen LogP contribution is 2.22. The summed E-state index contributed by atoms with van der Waals surface area (Å²) in [5.41, 5.74) is 2.79. The van der Waals surface area contributed by atoms with Crippen molar-refractivity contribution < 1.29 is 9.18 Å². The van der Waals surface area contributed by atoms with E-state index in [9.17, 15) is 9.18 Å². The third kappa shape index (κ3) is 4.68. The minimum Gasteiger partial charge on any atom is -0.324 e. The van der Waals surface area contributed by atoms with Crippen LogP contribution in [-0.2, 0) is 11.3 Å². The van der Waals surface area contributed by atoms with Crippen molar-refractivity contribution in [3.05, 3.63) is 65.5 Å². The molecule has 2 aromatic rings. The lowest BCUT2D eigenvalue weighted by molar-refractivity contribution is -0.120. The summed E-state index contributed by atoms with van der Waals surface area (Å²) < 4.78 is 13.2. The van der Waals surface area contributed by atoms with Gasteiger partial charge in [-0.3, -0.25) is 14.6 Å². The van der Waals surface area contributed by atoms with Crippen LogP contribution in [0.2, 0.25) is 0 Å². The maximum Gasteiger partial charge on any atom is 0.246 e. The first-order valence-corrected chi connectivity index (χ1v) is 9.07. The smallest absolute Gasteiger partial charge is 0.246 e. The zero-order valence-electron chi connectivity index (χ0n) is 15.4. The van der Waals surface area contributed by atoms with Crippen molar-refractivity contribution in [3.63, 3.8) is 0 Å². The molecule has 0 radical (unpaired) electrons. The Morgan fingerprint density at radius 2 is 1.69 bits per heavy atom. The fourth-order valence-corrected chi connectivity index (χ4v) is 3.43. The Hall–Kier alpha value is -2.24. The average Bonchev–Trinajstić information content (AvgIpc) is 3.11. The Kier molecular flexibility index (Phi) is 6.01. The van der Waals surface area contributed by atoms with Crippen molar-refractivity contribution in [2.75, 3.05) is 32.5 Å². The summed E-state index contributed by atoms with van der Waals surface area (Å²) in [4.78, 5) is 17.0. The van der Waals surface area contributed by atoms with Crippen LogP contribution in [0, 0.1) is 5.82 Å². The van der Waals surface area contributed by atoms with Crippen LogP contribution in [0.3, 0.4) is 0 Å². The highest BCUT2D eigenvalue weighted by atomic mass is 19.1. The van der Waals surface area contributed by atoms with Gasteiger partial charge in [-0.25, -0.2) is 4.39 Å². The van der Waals surface area contributed by atoms with Crippen LogP contribution < -0.4 is 5.32 Å². The predicted octanol–water partition coefficient (Wildman–Crippen LogP) is 3.66. The number of nitrogens with zero attached hydrogens (tertiary/aromatic N) is 2. The minimum atomic E-state index is -0.472. The van der Waals surface area contributed by atoms with Gasteiger partial charge in [-0.15, -0.1) is 0 Å². The fraction of sp³-hybridized carbons (Fsp3) is 0.381. The highest BCUT2D eigenvalue weighted by Gasteiger charge is 2.23. The van der Waals surface area contributed by atoms with Crippen molar-refractivity contribution in [3.8, 4) is 0 Å². The molecule has 1 atom stereocenters. The van der Waals surface area contributed by atoms with Gasteiger partial charge >= 0.3 is 0 Å². The highest BCUT2D eigenvalue weighted by molar-refractivity contribution is 5.95. The molecule has 1 saturated heterocycles. The second kappa shape index (κ2) is 8.43. The molecular formula is C21H26FN3O. The number of likely N-dealkylation sites (tertiary alicyclic amines) is 1. The monoisotopic (exact) mass is 355 g/mol. The molecule has 0 saturated carbocycles. The second-order valence-corrected chi connectivity index (χ2v) is 7.09. The summed E-state index contributed by atoms with van der Waals surface area (Å²) in [6.45, 7) is 3.30.